The Morgan fingerprint density at radius 1 is 1.00 bits per heavy atom. The molecule has 0 bridgehead atoms. The Balaban J connectivity index is 0.00000364. The number of unbranched alkanes of at least 4 members (excludes halogenated alkanes) is 5. The average molecular weight is 400 g/mol. The minimum Gasteiger partial charge on any atom is -0.872 e. The molecule has 0 aliphatic heterocycles. The van der Waals surface area contributed by atoms with Crippen molar-refractivity contribution in [1.29, 1.82) is 0 Å². The molecule has 0 amide bonds. The predicted molar refractivity (Wildman–Crippen MR) is 99.3 cm³/mol. The van der Waals surface area contributed by atoms with Gasteiger partial charge >= 0.3 is 29.6 Å². The van der Waals surface area contributed by atoms with Crippen molar-refractivity contribution in [1.82, 2.24) is 0 Å². The smallest absolute Gasteiger partial charge is 0.872 e. The van der Waals surface area contributed by atoms with Gasteiger partial charge in [-0.2, -0.15) is 8.42 Å². The fourth-order valence-corrected chi connectivity index (χ4v) is 3.27. The van der Waals surface area contributed by atoms with Gasteiger partial charge in [0, 0.05) is 6.07 Å². The van der Waals surface area contributed by atoms with Gasteiger partial charge < -0.3 is 9.84 Å². The van der Waals surface area contributed by atoms with Crippen LogP contribution in [0, 0.1) is 0 Å². The van der Waals surface area contributed by atoms with Crippen molar-refractivity contribution in [2.45, 2.75) is 56.8 Å². The van der Waals surface area contributed by atoms with Crippen LogP contribution in [0.1, 0.15) is 51.0 Å². The topological polar surface area (TPSA) is 86.7 Å². The van der Waals surface area contributed by atoms with Crippen molar-refractivity contribution >= 4 is 10.1 Å². The van der Waals surface area contributed by atoms with Crippen molar-refractivity contribution in [3.05, 3.63) is 48.0 Å². The second kappa shape index (κ2) is 11.7. The van der Waals surface area contributed by atoms with Crippen LogP contribution in [0.2, 0.25) is 0 Å². The minimum atomic E-state index is -4.30. The van der Waals surface area contributed by atoms with E-state index in [1.165, 1.54) is 56.0 Å². The molecular weight excluding hydrogens is 375 g/mol. The van der Waals surface area contributed by atoms with Gasteiger partial charge in [0.2, 0.25) is 0 Å². The van der Waals surface area contributed by atoms with E-state index >= 15 is 0 Å². The molecule has 0 fully saturated rings. The van der Waals surface area contributed by atoms with Crippen LogP contribution < -0.4 is 39.4 Å². The maximum atomic E-state index is 11.7. The molecule has 27 heavy (non-hydrogen) atoms. The molecule has 1 N–H and O–H groups in total. The van der Waals surface area contributed by atoms with E-state index in [1.54, 1.807) is 12.1 Å². The summed E-state index contributed by atoms with van der Waals surface area (Å²) in [5, 5.41) is 11.7. The SMILES string of the molecule is CCCCCCCCc1ccc([O-])cc1Oc1cccc(S(=O)(=O)O)c1.[Na+]. The summed E-state index contributed by atoms with van der Waals surface area (Å²) in [6.07, 6.45) is 7.82. The van der Waals surface area contributed by atoms with Crippen LogP contribution in [0.4, 0.5) is 0 Å². The number of hydrogen-bond acceptors (Lipinski definition) is 4. The molecule has 2 aromatic rings. The Kier molecular flexibility index (Phi) is 10.4. The van der Waals surface area contributed by atoms with E-state index in [2.05, 4.69) is 6.92 Å². The monoisotopic (exact) mass is 400 g/mol. The van der Waals surface area contributed by atoms with Crippen LogP contribution in [0.3, 0.4) is 0 Å². The summed E-state index contributed by atoms with van der Waals surface area (Å²) in [4.78, 5) is -0.245. The molecule has 0 atom stereocenters. The zero-order chi connectivity index (χ0) is 19.0. The van der Waals surface area contributed by atoms with Gasteiger partial charge in [-0.1, -0.05) is 57.2 Å². The molecule has 0 saturated heterocycles. The first kappa shape index (κ1) is 24.0. The second-order valence-electron chi connectivity index (χ2n) is 6.34. The summed E-state index contributed by atoms with van der Waals surface area (Å²) in [7, 11) is -4.30. The molecule has 0 radical (unpaired) electrons. The largest absolute Gasteiger partial charge is 1.00 e. The molecule has 0 aliphatic carbocycles. The Bertz CT molecular complexity index is 821. The van der Waals surface area contributed by atoms with Crippen LogP contribution in [-0.4, -0.2) is 13.0 Å². The molecule has 0 heterocycles. The fraction of sp³-hybridized carbons (Fsp3) is 0.400. The van der Waals surface area contributed by atoms with Gasteiger partial charge in [-0.3, -0.25) is 4.55 Å². The normalized spacial score (nSPS) is 11.0. The van der Waals surface area contributed by atoms with Gasteiger partial charge in [-0.15, -0.1) is 5.75 Å². The third-order valence-corrected chi connectivity index (χ3v) is 5.02. The van der Waals surface area contributed by atoms with Gasteiger partial charge in [0.15, 0.2) is 0 Å². The summed E-state index contributed by atoms with van der Waals surface area (Å²) < 4.78 is 37.4. The Labute approximate surface area is 183 Å². The van der Waals surface area contributed by atoms with Gasteiger partial charge in [0.1, 0.15) is 11.5 Å². The van der Waals surface area contributed by atoms with E-state index in [9.17, 15) is 13.5 Å². The van der Waals surface area contributed by atoms with Gasteiger partial charge in [0.25, 0.3) is 10.1 Å². The number of rotatable bonds is 10. The van der Waals surface area contributed by atoms with Gasteiger partial charge in [-0.05, 0) is 36.6 Å². The Hall–Kier alpha value is -1.05. The molecule has 0 spiro atoms. The van der Waals surface area contributed by atoms with E-state index in [0.29, 0.717) is 5.75 Å². The Morgan fingerprint density at radius 2 is 1.70 bits per heavy atom. The second-order valence-corrected chi connectivity index (χ2v) is 7.76. The van der Waals surface area contributed by atoms with Gasteiger partial charge in [-0.25, -0.2) is 0 Å². The average Bonchev–Trinajstić information content (AvgIpc) is 2.59. The number of aryl methyl sites for hydroxylation is 1. The van der Waals surface area contributed by atoms with E-state index < -0.39 is 10.1 Å². The Morgan fingerprint density at radius 3 is 2.41 bits per heavy atom. The number of benzene rings is 2. The van der Waals surface area contributed by atoms with Crippen LogP contribution in [0.5, 0.6) is 17.2 Å². The van der Waals surface area contributed by atoms with Crippen LogP contribution >= 0.6 is 0 Å². The van der Waals surface area contributed by atoms with Crippen molar-refractivity contribution in [3.8, 4) is 17.2 Å². The summed E-state index contributed by atoms with van der Waals surface area (Å²) >= 11 is 0. The summed E-state index contributed by atoms with van der Waals surface area (Å²) in [6.45, 7) is 2.19. The molecule has 142 valence electrons. The third kappa shape index (κ3) is 8.23. The molecule has 0 unspecified atom stereocenters. The third-order valence-electron chi connectivity index (χ3n) is 4.17. The molecule has 7 heteroatoms. The zero-order valence-corrected chi connectivity index (χ0v) is 18.8. The van der Waals surface area contributed by atoms with E-state index in [1.807, 2.05) is 0 Å². The van der Waals surface area contributed by atoms with Crippen LogP contribution in [0.25, 0.3) is 0 Å². The predicted octanol–water partition coefficient (Wildman–Crippen LogP) is 1.71. The molecule has 0 aromatic heterocycles. The minimum absolute atomic E-state index is 0. The number of hydrogen-bond donors (Lipinski definition) is 1. The van der Waals surface area contributed by atoms with Crippen molar-refractivity contribution in [3.63, 3.8) is 0 Å². The van der Waals surface area contributed by atoms with Crippen LogP contribution in [0.15, 0.2) is 47.4 Å². The number of ether oxygens (including phenoxy) is 1. The zero-order valence-electron chi connectivity index (χ0n) is 16.0. The molecular formula is C20H25NaO5S. The molecule has 2 rings (SSSR count). The van der Waals surface area contributed by atoms with E-state index in [0.717, 1.165) is 24.8 Å². The molecule has 0 aliphatic rings. The van der Waals surface area contributed by atoms with E-state index in [4.69, 9.17) is 9.29 Å². The molecule has 0 saturated carbocycles. The standard InChI is InChI=1S/C20H26O5S.Na/c1-2-3-4-5-6-7-9-16-12-13-17(21)14-20(16)25-18-10-8-11-19(15-18)26(22,23)24;/h8,10-15,21H,2-7,9H2,1H3,(H,22,23,24);/q;+1/p-1. The quantitative estimate of drug-likeness (QED) is 0.373. The summed E-state index contributed by atoms with van der Waals surface area (Å²) in [5.74, 6) is 0.520. The first-order chi connectivity index (χ1) is 12.4. The van der Waals surface area contributed by atoms with Crippen LogP contribution in [-0.2, 0) is 16.5 Å². The molecule has 5 nitrogen and oxygen atoms in total. The molecule has 2 aromatic carbocycles. The van der Waals surface area contributed by atoms with Gasteiger partial charge in [0.05, 0.1) is 4.90 Å². The summed E-state index contributed by atoms with van der Waals surface area (Å²) in [5.41, 5.74) is 0.914. The fourth-order valence-electron chi connectivity index (χ4n) is 2.76. The van der Waals surface area contributed by atoms with Crippen molar-refractivity contribution < 1.29 is 52.4 Å². The van der Waals surface area contributed by atoms with Crippen molar-refractivity contribution in [2.75, 3.05) is 0 Å². The van der Waals surface area contributed by atoms with E-state index in [-0.39, 0.29) is 46.0 Å². The first-order valence-corrected chi connectivity index (χ1v) is 10.4. The maximum Gasteiger partial charge on any atom is 1.00 e. The first-order valence-electron chi connectivity index (χ1n) is 8.95. The maximum absolute atomic E-state index is 11.7. The summed E-state index contributed by atoms with van der Waals surface area (Å²) in [6, 6.07) is 10.3. The van der Waals surface area contributed by atoms with Crippen molar-refractivity contribution in [2.24, 2.45) is 0 Å².